The molecule has 0 spiro atoms. The van der Waals surface area contributed by atoms with Gasteiger partial charge in [0.25, 0.3) is 0 Å². The predicted octanol–water partition coefficient (Wildman–Crippen LogP) is 2.57. The predicted molar refractivity (Wildman–Crippen MR) is 97.6 cm³/mol. The molecule has 2 aliphatic rings. The van der Waals surface area contributed by atoms with Crippen LogP contribution in [0.15, 0.2) is 30.3 Å². The van der Waals surface area contributed by atoms with Crippen molar-refractivity contribution in [1.29, 1.82) is 5.26 Å². The summed E-state index contributed by atoms with van der Waals surface area (Å²) in [4.78, 5) is 7.84. The first-order valence-electron chi connectivity index (χ1n) is 9.45. The summed E-state index contributed by atoms with van der Waals surface area (Å²) in [5.74, 6) is 0. The van der Waals surface area contributed by atoms with Crippen LogP contribution in [0.1, 0.15) is 31.2 Å². The van der Waals surface area contributed by atoms with Gasteiger partial charge in [-0.15, -0.1) is 0 Å². The molecule has 0 saturated carbocycles. The molecule has 0 radical (unpaired) electrons. The lowest BCUT2D eigenvalue weighted by Crippen LogP contribution is -2.53. The molecule has 2 aliphatic heterocycles. The Morgan fingerprint density at radius 2 is 1.62 bits per heavy atom. The van der Waals surface area contributed by atoms with Crippen LogP contribution < -0.4 is 0 Å². The molecule has 1 aromatic rings. The molecule has 0 atom stereocenters. The average Bonchev–Trinajstić information content (AvgIpc) is 2.64. The zero-order valence-electron chi connectivity index (χ0n) is 14.7. The third-order valence-electron chi connectivity index (χ3n) is 5.49. The van der Waals surface area contributed by atoms with Gasteiger partial charge in [-0.2, -0.15) is 5.26 Å². The molecule has 2 fully saturated rings. The standard InChI is InChI=1S/C20H30N4/c21-10-4-5-11-22-12-8-20(9-13-22)24-16-14-23(15-17-24)18-19-6-2-1-3-7-19/h1-3,6-7,20H,4-5,8-9,11-18H2. The van der Waals surface area contributed by atoms with E-state index in [4.69, 9.17) is 5.26 Å². The second-order valence-corrected chi connectivity index (χ2v) is 7.13. The first kappa shape index (κ1) is 17.4. The van der Waals surface area contributed by atoms with Gasteiger partial charge in [-0.25, -0.2) is 0 Å². The Kier molecular flexibility index (Phi) is 6.66. The van der Waals surface area contributed by atoms with Gasteiger partial charge in [0.2, 0.25) is 0 Å². The lowest BCUT2D eigenvalue weighted by Gasteiger charge is -2.42. The van der Waals surface area contributed by atoms with Gasteiger partial charge in [0.15, 0.2) is 0 Å². The topological polar surface area (TPSA) is 33.5 Å². The summed E-state index contributed by atoms with van der Waals surface area (Å²) < 4.78 is 0. The number of hydrogen-bond donors (Lipinski definition) is 0. The zero-order chi connectivity index (χ0) is 16.6. The van der Waals surface area contributed by atoms with Crippen molar-refractivity contribution in [3.63, 3.8) is 0 Å². The van der Waals surface area contributed by atoms with Gasteiger partial charge in [-0.1, -0.05) is 30.3 Å². The zero-order valence-corrected chi connectivity index (χ0v) is 14.7. The molecule has 0 aromatic heterocycles. The minimum absolute atomic E-state index is 0.698. The Morgan fingerprint density at radius 3 is 2.29 bits per heavy atom. The van der Waals surface area contributed by atoms with E-state index in [-0.39, 0.29) is 0 Å². The van der Waals surface area contributed by atoms with E-state index >= 15 is 0 Å². The summed E-state index contributed by atoms with van der Waals surface area (Å²) in [6.45, 7) is 9.42. The smallest absolute Gasteiger partial charge is 0.0622 e. The van der Waals surface area contributed by atoms with Gasteiger partial charge < -0.3 is 4.90 Å². The van der Waals surface area contributed by atoms with E-state index in [1.54, 1.807) is 0 Å². The summed E-state index contributed by atoms with van der Waals surface area (Å²) in [7, 11) is 0. The number of unbranched alkanes of at least 4 members (excludes halogenated alkanes) is 1. The van der Waals surface area contributed by atoms with Crippen LogP contribution >= 0.6 is 0 Å². The van der Waals surface area contributed by atoms with Gasteiger partial charge in [-0.3, -0.25) is 9.80 Å². The highest BCUT2D eigenvalue weighted by Gasteiger charge is 2.27. The quantitative estimate of drug-likeness (QED) is 0.753. The van der Waals surface area contributed by atoms with Crippen LogP contribution in [0.4, 0.5) is 0 Å². The van der Waals surface area contributed by atoms with Crippen molar-refractivity contribution in [2.45, 2.75) is 38.3 Å². The summed E-state index contributed by atoms with van der Waals surface area (Å²) in [5, 5.41) is 8.64. The minimum atomic E-state index is 0.698. The SMILES string of the molecule is N#CCCCN1CCC(N2CCN(Cc3ccccc3)CC2)CC1. The lowest BCUT2D eigenvalue weighted by atomic mass is 10.0. The largest absolute Gasteiger partial charge is 0.303 e. The van der Waals surface area contributed by atoms with Crippen LogP contribution in [0.5, 0.6) is 0 Å². The van der Waals surface area contributed by atoms with Crippen molar-refractivity contribution in [3.8, 4) is 6.07 Å². The van der Waals surface area contributed by atoms with Crippen molar-refractivity contribution < 1.29 is 0 Å². The first-order chi connectivity index (χ1) is 11.8. The van der Waals surface area contributed by atoms with E-state index < -0.39 is 0 Å². The van der Waals surface area contributed by atoms with E-state index in [1.165, 1.54) is 57.7 Å². The molecule has 0 amide bonds. The maximum atomic E-state index is 8.64. The van der Waals surface area contributed by atoms with Crippen LogP contribution in [-0.4, -0.2) is 66.6 Å². The number of nitriles is 1. The number of piperazine rings is 1. The number of benzene rings is 1. The fraction of sp³-hybridized carbons (Fsp3) is 0.650. The highest BCUT2D eigenvalue weighted by atomic mass is 15.3. The van der Waals surface area contributed by atoms with E-state index in [2.05, 4.69) is 51.1 Å². The molecule has 0 N–H and O–H groups in total. The lowest BCUT2D eigenvalue weighted by molar-refractivity contribution is 0.0565. The number of rotatable bonds is 6. The van der Waals surface area contributed by atoms with Crippen molar-refractivity contribution in [3.05, 3.63) is 35.9 Å². The van der Waals surface area contributed by atoms with Crippen LogP contribution in [0.2, 0.25) is 0 Å². The monoisotopic (exact) mass is 326 g/mol. The molecule has 2 heterocycles. The Bertz CT molecular complexity index is 508. The summed E-state index contributed by atoms with van der Waals surface area (Å²) in [6, 6.07) is 13.8. The van der Waals surface area contributed by atoms with Gasteiger partial charge in [0.05, 0.1) is 6.07 Å². The molecule has 3 rings (SSSR count). The van der Waals surface area contributed by atoms with E-state index in [0.29, 0.717) is 6.42 Å². The Morgan fingerprint density at radius 1 is 0.917 bits per heavy atom. The van der Waals surface area contributed by atoms with Crippen LogP contribution in [-0.2, 0) is 6.54 Å². The van der Waals surface area contributed by atoms with Crippen LogP contribution in [0.25, 0.3) is 0 Å². The molecular formula is C20H30N4. The van der Waals surface area contributed by atoms with Gasteiger partial charge in [-0.05, 0) is 44.5 Å². The van der Waals surface area contributed by atoms with Gasteiger partial charge in [0.1, 0.15) is 0 Å². The number of piperidine rings is 1. The Labute approximate surface area is 146 Å². The fourth-order valence-corrected chi connectivity index (χ4v) is 4.02. The van der Waals surface area contributed by atoms with Crippen molar-refractivity contribution in [2.75, 3.05) is 45.8 Å². The Balaban J connectivity index is 1.36. The fourth-order valence-electron chi connectivity index (χ4n) is 4.02. The molecule has 4 heteroatoms. The van der Waals surface area contributed by atoms with Gasteiger partial charge >= 0.3 is 0 Å². The molecule has 1 aromatic carbocycles. The number of likely N-dealkylation sites (tertiary alicyclic amines) is 1. The number of nitrogens with zero attached hydrogens (tertiary/aromatic N) is 4. The normalized spacial score (nSPS) is 21.6. The molecule has 24 heavy (non-hydrogen) atoms. The third-order valence-corrected chi connectivity index (χ3v) is 5.49. The first-order valence-corrected chi connectivity index (χ1v) is 9.45. The molecule has 130 valence electrons. The molecule has 4 nitrogen and oxygen atoms in total. The van der Waals surface area contributed by atoms with E-state index in [9.17, 15) is 0 Å². The summed E-state index contributed by atoms with van der Waals surface area (Å²) >= 11 is 0. The summed E-state index contributed by atoms with van der Waals surface area (Å²) in [5.41, 5.74) is 1.43. The second-order valence-electron chi connectivity index (χ2n) is 7.13. The maximum absolute atomic E-state index is 8.64. The highest BCUT2D eigenvalue weighted by Crippen LogP contribution is 2.19. The highest BCUT2D eigenvalue weighted by molar-refractivity contribution is 5.14. The van der Waals surface area contributed by atoms with Gasteiger partial charge in [0, 0.05) is 45.2 Å². The van der Waals surface area contributed by atoms with Crippen molar-refractivity contribution >= 4 is 0 Å². The van der Waals surface area contributed by atoms with Crippen molar-refractivity contribution in [2.24, 2.45) is 0 Å². The van der Waals surface area contributed by atoms with Crippen LogP contribution in [0.3, 0.4) is 0 Å². The molecule has 2 saturated heterocycles. The van der Waals surface area contributed by atoms with E-state index in [1.807, 2.05) is 0 Å². The molecule has 0 bridgehead atoms. The van der Waals surface area contributed by atoms with Crippen molar-refractivity contribution in [1.82, 2.24) is 14.7 Å². The Hall–Kier alpha value is -1.41. The van der Waals surface area contributed by atoms with E-state index in [0.717, 1.165) is 25.6 Å². The maximum Gasteiger partial charge on any atom is 0.0622 e. The second kappa shape index (κ2) is 9.17. The molecule has 0 aliphatic carbocycles. The minimum Gasteiger partial charge on any atom is -0.303 e. The summed E-state index contributed by atoms with van der Waals surface area (Å²) in [6.07, 6.45) is 4.32. The molecular weight excluding hydrogens is 296 g/mol. The molecule has 0 unspecified atom stereocenters. The average molecular weight is 326 g/mol. The number of hydrogen-bond acceptors (Lipinski definition) is 4. The van der Waals surface area contributed by atoms with Crippen LogP contribution in [0, 0.1) is 11.3 Å². The third kappa shape index (κ3) is 5.04.